The van der Waals surface area contributed by atoms with Crippen LogP contribution in [0.4, 0.5) is 0 Å². The van der Waals surface area contributed by atoms with Gasteiger partial charge in [-0.2, -0.15) is 0 Å². The van der Waals surface area contributed by atoms with Crippen LogP contribution < -0.4 is 0 Å². The molecule has 6 nitrogen and oxygen atoms in total. The fourth-order valence-corrected chi connectivity index (χ4v) is 3.76. The topological polar surface area (TPSA) is 71.5 Å². The second-order valence-electron chi connectivity index (χ2n) is 8.06. The first-order valence-electron chi connectivity index (χ1n) is 9.88. The minimum atomic E-state index is -1.10. The monoisotopic (exact) mass is 391 g/mol. The van der Waals surface area contributed by atoms with Crippen LogP contribution in [0.15, 0.2) is 40.8 Å². The van der Waals surface area contributed by atoms with E-state index >= 15 is 0 Å². The molecule has 0 saturated carbocycles. The molecule has 1 aliphatic rings. The molecule has 1 fully saturated rings. The predicted octanol–water partition coefficient (Wildman–Crippen LogP) is 3.31. The highest BCUT2D eigenvalue weighted by molar-refractivity contribution is 5.91. The first-order chi connectivity index (χ1) is 13.8. The lowest BCUT2D eigenvalue weighted by molar-refractivity contribution is 0.0678. The highest BCUT2D eigenvalue weighted by atomic mass is 16.4. The lowest BCUT2D eigenvalue weighted by Gasteiger charge is -2.31. The van der Waals surface area contributed by atoms with Gasteiger partial charge in [0.25, 0.3) is 5.91 Å². The molecule has 1 N–H and O–H groups in total. The number of aliphatic hydroxyl groups is 1. The maximum Gasteiger partial charge on any atom is 0.289 e. The Balaban J connectivity index is 1.43. The summed E-state index contributed by atoms with van der Waals surface area (Å²) in [6.45, 7) is 4.53. The Morgan fingerprint density at radius 2 is 1.93 bits per heavy atom. The molecule has 0 unspecified atom stereocenters. The summed E-state index contributed by atoms with van der Waals surface area (Å²) in [7, 11) is 2.06. The molecule has 1 aromatic carbocycles. The average Bonchev–Trinajstić information content (AvgIpc) is 3.31. The molecule has 3 heterocycles. The van der Waals surface area contributed by atoms with Crippen molar-refractivity contribution < 1.29 is 14.3 Å². The molecular formula is C23H25N3O3. The van der Waals surface area contributed by atoms with Crippen LogP contribution in [0.1, 0.15) is 54.7 Å². The van der Waals surface area contributed by atoms with Gasteiger partial charge >= 0.3 is 0 Å². The molecule has 0 aliphatic carbocycles. The normalized spacial score (nSPS) is 15.4. The first kappa shape index (κ1) is 19.3. The molecule has 4 rings (SSSR count). The van der Waals surface area contributed by atoms with Gasteiger partial charge in [0, 0.05) is 26.1 Å². The van der Waals surface area contributed by atoms with Crippen molar-refractivity contribution in [1.82, 2.24) is 14.5 Å². The summed E-state index contributed by atoms with van der Waals surface area (Å²) in [4.78, 5) is 19.4. The van der Waals surface area contributed by atoms with Crippen LogP contribution in [-0.2, 0) is 7.05 Å². The summed E-state index contributed by atoms with van der Waals surface area (Å²) in [6, 6.07) is 11.5. The number of furan rings is 1. The van der Waals surface area contributed by atoms with Crippen molar-refractivity contribution in [1.29, 1.82) is 0 Å². The number of rotatable bonds is 2. The van der Waals surface area contributed by atoms with Gasteiger partial charge in [-0.25, -0.2) is 4.98 Å². The van der Waals surface area contributed by atoms with E-state index in [0.717, 1.165) is 29.7 Å². The zero-order valence-electron chi connectivity index (χ0n) is 17.0. The number of imidazole rings is 1. The number of amides is 1. The summed E-state index contributed by atoms with van der Waals surface area (Å²) >= 11 is 0. The number of aromatic nitrogens is 2. The molecule has 1 aliphatic heterocycles. The number of nitrogens with zero attached hydrogens (tertiary/aromatic N) is 3. The average molecular weight is 391 g/mol. The summed E-state index contributed by atoms with van der Waals surface area (Å²) < 4.78 is 7.74. The number of piperidine rings is 1. The van der Waals surface area contributed by atoms with Crippen molar-refractivity contribution in [2.45, 2.75) is 38.2 Å². The SMILES string of the molecule is Cn1c(C2CCN(C(=O)c3ccc(C#CC(C)(C)O)o3)CC2)nc2ccccc21. The fourth-order valence-electron chi connectivity index (χ4n) is 3.76. The van der Waals surface area contributed by atoms with Crippen molar-refractivity contribution in [3.63, 3.8) is 0 Å². The van der Waals surface area contributed by atoms with Gasteiger partial charge in [0.1, 0.15) is 11.4 Å². The van der Waals surface area contributed by atoms with Crippen LogP contribution in [0.25, 0.3) is 11.0 Å². The van der Waals surface area contributed by atoms with Gasteiger partial charge in [0.05, 0.1) is 11.0 Å². The molecule has 29 heavy (non-hydrogen) atoms. The standard InChI is InChI=1S/C23H25N3O3/c1-23(2,28)13-10-17-8-9-20(29-17)22(27)26-14-11-16(12-15-26)21-24-18-6-4-5-7-19(18)25(21)3/h4-9,16,28H,11-12,14-15H2,1-3H3. The third kappa shape index (κ3) is 4.06. The molecule has 0 bridgehead atoms. The summed E-state index contributed by atoms with van der Waals surface area (Å²) in [5, 5.41) is 9.69. The number of carbonyl (C=O) groups excluding carboxylic acids is 1. The molecule has 150 valence electrons. The maximum atomic E-state index is 12.8. The van der Waals surface area contributed by atoms with Crippen LogP contribution in [0.2, 0.25) is 0 Å². The molecule has 6 heteroatoms. The van der Waals surface area contributed by atoms with Gasteiger partial charge in [-0.1, -0.05) is 18.1 Å². The highest BCUT2D eigenvalue weighted by Crippen LogP contribution is 2.30. The van der Waals surface area contributed by atoms with Gasteiger partial charge < -0.3 is 19.0 Å². The van der Waals surface area contributed by atoms with Gasteiger partial charge in [0.15, 0.2) is 11.5 Å². The number of para-hydroxylation sites is 2. The van der Waals surface area contributed by atoms with E-state index in [1.54, 1.807) is 26.0 Å². The van der Waals surface area contributed by atoms with E-state index in [0.29, 0.717) is 24.8 Å². The second-order valence-corrected chi connectivity index (χ2v) is 8.06. The molecule has 1 saturated heterocycles. The number of aryl methyl sites for hydroxylation is 1. The molecule has 0 spiro atoms. The summed E-state index contributed by atoms with van der Waals surface area (Å²) in [5.41, 5.74) is 1.05. The van der Waals surface area contributed by atoms with Crippen molar-refractivity contribution in [3.05, 3.63) is 53.7 Å². The second kappa shape index (κ2) is 7.41. The molecule has 2 aromatic heterocycles. The van der Waals surface area contributed by atoms with E-state index in [9.17, 15) is 9.90 Å². The Kier molecular flexibility index (Phi) is 4.93. The van der Waals surface area contributed by atoms with Gasteiger partial charge in [-0.3, -0.25) is 4.79 Å². The molecule has 1 amide bonds. The Labute approximate surface area is 170 Å². The number of carbonyl (C=O) groups is 1. The Hall–Kier alpha value is -3.04. The Morgan fingerprint density at radius 3 is 2.62 bits per heavy atom. The minimum absolute atomic E-state index is 0.121. The van der Waals surface area contributed by atoms with Gasteiger partial charge in [0.2, 0.25) is 0 Å². The maximum absolute atomic E-state index is 12.8. The highest BCUT2D eigenvalue weighted by Gasteiger charge is 2.28. The van der Waals surface area contributed by atoms with E-state index in [1.165, 1.54) is 0 Å². The third-order valence-corrected chi connectivity index (χ3v) is 5.28. The number of hydrogen-bond acceptors (Lipinski definition) is 4. The van der Waals surface area contributed by atoms with Crippen molar-refractivity contribution >= 4 is 16.9 Å². The number of likely N-dealkylation sites (tertiary alicyclic amines) is 1. The molecule has 3 aromatic rings. The van der Waals surface area contributed by atoms with Crippen molar-refractivity contribution in [3.8, 4) is 11.8 Å². The van der Waals surface area contributed by atoms with E-state index in [4.69, 9.17) is 9.40 Å². The van der Waals surface area contributed by atoms with Crippen LogP contribution >= 0.6 is 0 Å². The summed E-state index contributed by atoms with van der Waals surface area (Å²) in [6.07, 6.45) is 1.74. The van der Waals surface area contributed by atoms with Crippen LogP contribution in [0.5, 0.6) is 0 Å². The van der Waals surface area contributed by atoms with Crippen molar-refractivity contribution in [2.24, 2.45) is 7.05 Å². The number of hydrogen-bond donors (Lipinski definition) is 1. The lowest BCUT2D eigenvalue weighted by Crippen LogP contribution is -2.38. The lowest BCUT2D eigenvalue weighted by atomic mass is 9.95. The van der Waals surface area contributed by atoms with E-state index in [2.05, 4.69) is 29.5 Å². The molecule has 0 atom stereocenters. The largest absolute Gasteiger partial charge is 0.443 e. The predicted molar refractivity (Wildman–Crippen MR) is 110 cm³/mol. The Bertz CT molecular complexity index is 1100. The summed E-state index contributed by atoms with van der Waals surface area (Å²) in [5.74, 6) is 7.41. The van der Waals surface area contributed by atoms with Crippen LogP contribution in [0.3, 0.4) is 0 Å². The zero-order valence-corrected chi connectivity index (χ0v) is 17.0. The Morgan fingerprint density at radius 1 is 1.21 bits per heavy atom. The van der Waals surface area contributed by atoms with Gasteiger partial charge in [-0.05, 0) is 56.9 Å². The quantitative estimate of drug-likeness (QED) is 0.681. The van der Waals surface area contributed by atoms with E-state index in [1.807, 2.05) is 23.1 Å². The van der Waals surface area contributed by atoms with Gasteiger partial charge in [-0.15, -0.1) is 0 Å². The molecule has 0 radical (unpaired) electrons. The van der Waals surface area contributed by atoms with Crippen molar-refractivity contribution in [2.75, 3.05) is 13.1 Å². The van der Waals surface area contributed by atoms with E-state index in [-0.39, 0.29) is 11.7 Å². The fraction of sp³-hybridized carbons (Fsp3) is 0.391. The van der Waals surface area contributed by atoms with E-state index < -0.39 is 5.60 Å². The number of fused-ring (bicyclic) bond motifs is 1. The van der Waals surface area contributed by atoms with Crippen LogP contribution in [-0.4, -0.2) is 44.2 Å². The van der Waals surface area contributed by atoms with Crippen LogP contribution in [0, 0.1) is 11.8 Å². The smallest absolute Gasteiger partial charge is 0.289 e. The third-order valence-electron chi connectivity index (χ3n) is 5.28. The zero-order chi connectivity index (χ0) is 20.6. The minimum Gasteiger partial charge on any atom is -0.443 e. The number of benzene rings is 1. The molecular weight excluding hydrogens is 366 g/mol. The first-order valence-corrected chi connectivity index (χ1v) is 9.88.